The Labute approximate surface area is 87.8 Å². The molecule has 0 saturated heterocycles. The Morgan fingerprint density at radius 3 is 2.64 bits per heavy atom. The Morgan fingerprint density at radius 2 is 2.00 bits per heavy atom. The first kappa shape index (κ1) is 11.3. The topological polar surface area (TPSA) is 9.23 Å². The van der Waals surface area contributed by atoms with E-state index in [1.807, 2.05) is 21.3 Å². The first-order valence-corrected chi connectivity index (χ1v) is 5.35. The Kier molecular flexibility index (Phi) is 4.21. The first-order valence-electron chi connectivity index (χ1n) is 5.35. The molecule has 0 unspecified atom stereocenters. The Balaban J connectivity index is 0.000000461. The fourth-order valence-corrected chi connectivity index (χ4v) is 1.45. The summed E-state index contributed by atoms with van der Waals surface area (Å²) >= 11 is 0. The molecule has 0 saturated carbocycles. The largest absolute Gasteiger partial charge is 0.430 e. The van der Waals surface area contributed by atoms with Crippen LogP contribution in [0.3, 0.4) is 0 Å². The molecule has 2 heteroatoms. The number of hydrogen-bond donors (Lipinski definition) is 0. The molecule has 0 fully saturated rings. The summed E-state index contributed by atoms with van der Waals surface area (Å²) in [6.07, 6.45) is 0. The van der Waals surface area contributed by atoms with Gasteiger partial charge in [0.25, 0.3) is 0 Å². The normalized spacial score (nSPS) is 12.9. The van der Waals surface area contributed by atoms with Gasteiger partial charge in [-0.05, 0) is 22.5 Å². The van der Waals surface area contributed by atoms with Crippen LogP contribution < -0.4 is 5.46 Å². The molecule has 0 aliphatic carbocycles. The van der Waals surface area contributed by atoms with Crippen LogP contribution in [0.25, 0.3) is 0 Å². The third-order valence-electron chi connectivity index (χ3n) is 2.28. The molecular weight excluding hydrogens is 171 g/mol. The summed E-state index contributed by atoms with van der Waals surface area (Å²) in [7, 11) is 1.83. The highest BCUT2D eigenvalue weighted by atomic mass is 16.4. The lowest BCUT2D eigenvalue weighted by atomic mass is 9.85. The van der Waals surface area contributed by atoms with E-state index in [1.54, 1.807) is 0 Å². The fourth-order valence-electron chi connectivity index (χ4n) is 1.45. The van der Waals surface area contributed by atoms with Crippen LogP contribution in [0.1, 0.15) is 44.7 Å². The zero-order chi connectivity index (χ0) is 10.6. The molecule has 75 valence electrons. The van der Waals surface area contributed by atoms with Crippen molar-refractivity contribution in [2.75, 3.05) is 0 Å². The van der Waals surface area contributed by atoms with E-state index in [9.17, 15) is 0 Å². The number of benzene rings is 1. The van der Waals surface area contributed by atoms with Crippen LogP contribution >= 0.6 is 0 Å². The molecule has 0 atom stereocenters. The average molecular weight is 189 g/mol. The minimum atomic E-state index is 0.607. The van der Waals surface area contributed by atoms with Crippen LogP contribution in [0.5, 0.6) is 0 Å². The fraction of sp³-hybridized carbons (Fsp3) is 0.500. The molecule has 2 rings (SSSR count). The Hall–Kier alpha value is -0.755. The van der Waals surface area contributed by atoms with Crippen molar-refractivity contribution in [3.8, 4) is 0 Å². The van der Waals surface area contributed by atoms with E-state index in [2.05, 4.69) is 32.0 Å². The molecule has 1 aliphatic rings. The van der Waals surface area contributed by atoms with Gasteiger partial charge in [0.1, 0.15) is 0 Å². The monoisotopic (exact) mass is 189 g/mol. The number of fused-ring (bicyclic) bond motifs is 1. The average Bonchev–Trinajstić information content (AvgIpc) is 2.67. The quantitative estimate of drug-likeness (QED) is 0.617. The summed E-state index contributed by atoms with van der Waals surface area (Å²) in [5.41, 5.74) is 3.95. The molecule has 0 amide bonds. The lowest BCUT2D eigenvalue weighted by Crippen LogP contribution is -2.11. The number of rotatable bonds is 1. The van der Waals surface area contributed by atoms with E-state index in [-0.39, 0.29) is 0 Å². The van der Waals surface area contributed by atoms with Gasteiger partial charge in [-0.15, -0.1) is 0 Å². The molecule has 1 aromatic rings. The lowest BCUT2D eigenvalue weighted by Gasteiger charge is -2.06. The van der Waals surface area contributed by atoms with Crippen LogP contribution in [0.15, 0.2) is 18.2 Å². The van der Waals surface area contributed by atoms with Crippen LogP contribution in [-0.4, -0.2) is 7.48 Å². The van der Waals surface area contributed by atoms with Crippen molar-refractivity contribution in [1.29, 1.82) is 0 Å². The van der Waals surface area contributed by atoms with E-state index in [1.165, 1.54) is 16.6 Å². The van der Waals surface area contributed by atoms with Crippen molar-refractivity contribution in [3.63, 3.8) is 0 Å². The van der Waals surface area contributed by atoms with Crippen LogP contribution in [0.2, 0.25) is 0 Å². The molecule has 1 radical (unpaired) electrons. The highest BCUT2D eigenvalue weighted by molar-refractivity contribution is 6.48. The third kappa shape index (κ3) is 2.39. The second-order valence-corrected chi connectivity index (χ2v) is 3.54. The SMILES string of the molecule is CC.CC(C)c1ccc2c(c1)CO[B]2. The van der Waals surface area contributed by atoms with Gasteiger partial charge in [0.15, 0.2) is 0 Å². The van der Waals surface area contributed by atoms with E-state index in [0.29, 0.717) is 5.92 Å². The zero-order valence-electron chi connectivity index (χ0n) is 9.50. The first-order chi connectivity index (χ1) is 6.77. The molecule has 1 heterocycles. The van der Waals surface area contributed by atoms with Crippen molar-refractivity contribution < 1.29 is 4.65 Å². The second-order valence-electron chi connectivity index (χ2n) is 3.54. The van der Waals surface area contributed by atoms with Crippen LogP contribution in [0, 0.1) is 0 Å². The lowest BCUT2D eigenvalue weighted by molar-refractivity contribution is 0.345. The van der Waals surface area contributed by atoms with Gasteiger partial charge in [-0.3, -0.25) is 0 Å². The maximum Gasteiger partial charge on any atom is 0.330 e. The third-order valence-corrected chi connectivity index (χ3v) is 2.28. The molecule has 0 N–H and O–H groups in total. The summed E-state index contributed by atoms with van der Waals surface area (Å²) in [6, 6.07) is 6.55. The van der Waals surface area contributed by atoms with Crippen molar-refractivity contribution >= 4 is 12.9 Å². The summed E-state index contributed by atoms with van der Waals surface area (Å²) in [6.45, 7) is 9.17. The van der Waals surface area contributed by atoms with E-state index in [0.717, 1.165) is 6.61 Å². The summed E-state index contributed by atoms with van der Waals surface area (Å²) < 4.78 is 5.22. The van der Waals surface area contributed by atoms with Gasteiger partial charge >= 0.3 is 7.48 Å². The minimum absolute atomic E-state index is 0.607. The van der Waals surface area contributed by atoms with Crippen molar-refractivity contribution in [2.45, 2.75) is 40.2 Å². The summed E-state index contributed by atoms with van der Waals surface area (Å²) in [5, 5.41) is 0. The molecule has 0 aromatic heterocycles. The maximum atomic E-state index is 5.22. The predicted octanol–water partition coefficient (Wildman–Crippen LogP) is 2.61. The Morgan fingerprint density at radius 1 is 1.29 bits per heavy atom. The van der Waals surface area contributed by atoms with Gasteiger partial charge < -0.3 is 4.65 Å². The second kappa shape index (κ2) is 5.21. The molecular formula is C12H18BO. The zero-order valence-corrected chi connectivity index (χ0v) is 9.50. The van der Waals surface area contributed by atoms with E-state index >= 15 is 0 Å². The van der Waals surface area contributed by atoms with Gasteiger partial charge in [0, 0.05) is 0 Å². The molecule has 1 nitrogen and oxygen atoms in total. The molecule has 14 heavy (non-hydrogen) atoms. The highest BCUT2D eigenvalue weighted by Gasteiger charge is 2.13. The van der Waals surface area contributed by atoms with Crippen molar-refractivity contribution in [2.24, 2.45) is 0 Å². The van der Waals surface area contributed by atoms with Crippen molar-refractivity contribution in [1.82, 2.24) is 0 Å². The van der Waals surface area contributed by atoms with Gasteiger partial charge in [0.05, 0.1) is 6.61 Å². The predicted molar refractivity (Wildman–Crippen MR) is 62.1 cm³/mol. The van der Waals surface area contributed by atoms with Gasteiger partial charge in [-0.2, -0.15) is 0 Å². The van der Waals surface area contributed by atoms with Crippen LogP contribution in [0.4, 0.5) is 0 Å². The number of hydrogen-bond acceptors (Lipinski definition) is 1. The molecule has 1 aromatic carbocycles. The van der Waals surface area contributed by atoms with Crippen LogP contribution in [-0.2, 0) is 11.3 Å². The molecule has 0 bridgehead atoms. The Bertz CT molecular complexity index is 294. The maximum absolute atomic E-state index is 5.22. The van der Waals surface area contributed by atoms with E-state index in [4.69, 9.17) is 4.65 Å². The minimum Gasteiger partial charge on any atom is -0.430 e. The summed E-state index contributed by atoms with van der Waals surface area (Å²) in [4.78, 5) is 0. The smallest absolute Gasteiger partial charge is 0.330 e. The molecule has 0 spiro atoms. The van der Waals surface area contributed by atoms with Gasteiger partial charge in [-0.1, -0.05) is 45.9 Å². The van der Waals surface area contributed by atoms with Gasteiger partial charge in [0.2, 0.25) is 0 Å². The van der Waals surface area contributed by atoms with Gasteiger partial charge in [-0.25, -0.2) is 0 Å². The van der Waals surface area contributed by atoms with Crippen molar-refractivity contribution in [3.05, 3.63) is 29.3 Å². The molecule has 1 aliphatic heterocycles. The standard InChI is InChI=1S/C10H12BO.C2H6/c1-7(2)8-3-4-10-9(5-8)6-12-11-10;1-2/h3-5,7H,6H2,1-2H3;1-2H3. The summed E-state index contributed by atoms with van der Waals surface area (Å²) in [5.74, 6) is 0.607. The highest BCUT2D eigenvalue weighted by Crippen LogP contribution is 2.16. The van der Waals surface area contributed by atoms with E-state index < -0.39 is 0 Å².